The van der Waals surface area contributed by atoms with Gasteiger partial charge in [0.25, 0.3) is 5.91 Å². The zero-order valence-corrected chi connectivity index (χ0v) is 20.7. The highest BCUT2D eigenvalue weighted by Crippen LogP contribution is 2.35. The van der Waals surface area contributed by atoms with Gasteiger partial charge in [-0.05, 0) is 38.2 Å². The predicted octanol–water partition coefficient (Wildman–Crippen LogP) is 4.02. The maximum absolute atomic E-state index is 13.1. The lowest BCUT2D eigenvalue weighted by Gasteiger charge is -2.25. The van der Waals surface area contributed by atoms with E-state index in [1.54, 1.807) is 0 Å². The number of carbonyl (C=O) groups is 2. The van der Waals surface area contributed by atoms with Crippen molar-refractivity contribution in [3.63, 3.8) is 0 Å². The zero-order chi connectivity index (χ0) is 24.1. The fraction of sp³-hybridized carbons (Fsp3) is 0.615. The lowest BCUT2D eigenvalue weighted by molar-refractivity contribution is -0.149. The molecule has 1 aromatic heterocycles. The number of hydrogen-bond acceptors (Lipinski definition) is 5. The van der Waals surface area contributed by atoms with Crippen molar-refractivity contribution in [2.45, 2.75) is 90.2 Å². The van der Waals surface area contributed by atoms with E-state index in [0.29, 0.717) is 24.8 Å². The van der Waals surface area contributed by atoms with Crippen molar-refractivity contribution in [2.75, 3.05) is 13.1 Å². The number of carbonyl (C=O) groups excluding carboxylic acids is 2. The Morgan fingerprint density at radius 3 is 2.56 bits per heavy atom. The molecule has 1 unspecified atom stereocenters. The van der Waals surface area contributed by atoms with Gasteiger partial charge in [-0.25, -0.2) is 0 Å². The second-order valence-corrected chi connectivity index (χ2v) is 9.50. The van der Waals surface area contributed by atoms with Gasteiger partial charge in [-0.1, -0.05) is 50.9 Å². The van der Waals surface area contributed by atoms with Gasteiger partial charge in [0.15, 0.2) is 0 Å². The molecular weight excluding hydrogens is 430 g/mol. The van der Waals surface area contributed by atoms with Crippen LogP contribution in [0.4, 0.5) is 0 Å². The molecule has 8 nitrogen and oxygen atoms in total. The molecule has 1 saturated carbocycles. The molecule has 2 N–H and O–H groups in total. The van der Waals surface area contributed by atoms with Gasteiger partial charge in [-0.3, -0.25) is 14.3 Å². The van der Waals surface area contributed by atoms with Crippen LogP contribution in [0.1, 0.15) is 89.4 Å². The molecule has 2 aromatic rings. The molecule has 0 radical (unpaired) electrons. The number of nitrogens with one attached hydrogen (secondary N) is 2. The van der Waals surface area contributed by atoms with Crippen molar-refractivity contribution >= 4 is 28.4 Å². The molecule has 1 atom stereocenters. The highest BCUT2D eigenvalue weighted by molar-refractivity contribution is 6.08. The second kappa shape index (κ2) is 10.6. The first-order valence-electron chi connectivity index (χ1n) is 12.8. The third kappa shape index (κ3) is 4.81. The smallest absolute Gasteiger partial charge is 0.268 e. The number of aromatic nitrogens is 2. The average molecular weight is 468 g/mol. The Labute approximate surface area is 201 Å². The molecule has 184 valence electrons. The zero-order valence-electron chi connectivity index (χ0n) is 20.7. The van der Waals surface area contributed by atoms with Crippen LogP contribution in [0.2, 0.25) is 0 Å². The summed E-state index contributed by atoms with van der Waals surface area (Å²) < 4.78 is 2.19. The molecule has 0 spiro atoms. The van der Waals surface area contributed by atoms with E-state index in [1.807, 2.05) is 19.9 Å². The monoisotopic (exact) mass is 467 g/mol. The van der Waals surface area contributed by atoms with Gasteiger partial charge in [0.1, 0.15) is 0 Å². The topological polar surface area (TPSA) is 97.6 Å². The highest BCUT2D eigenvalue weighted by atomic mass is 16.7. The summed E-state index contributed by atoms with van der Waals surface area (Å²) in [5.41, 5.74) is 2.50. The maximum atomic E-state index is 13.1. The SMILES string of the molecule is CCCNC(=O)CC1(C(=O)NCCC)CC(c2ccc3c(CC)nn(C4CCCC4)c3c2)=NO1. The molecule has 2 amide bonds. The van der Waals surface area contributed by atoms with E-state index in [-0.39, 0.29) is 24.7 Å². The Balaban J connectivity index is 1.62. The van der Waals surface area contributed by atoms with Crippen LogP contribution in [0.25, 0.3) is 10.9 Å². The van der Waals surface area contributed by atoms with Gasteiger partial charge in [-0.15, -0.1) is 0 Å². The fourth-order valence-corrected chi connectivity index (χ4v) is 4.99. The number of benzene rings is 1. The summed E-state index contributed by atoms with van der Waals surface area (Å²) in [6.07, 6.45) is 7.50. The van der Waals surface area contributed by atoms with Crippen LogP contribution in [-0.4, -0.2) is 46.0 Å². The van der Waals surface area contributed by atoms with Crippen molar-refractivity contribution in [3.05, 3.63) is 29.5 Å². The molecule has 2 heterocycles. The van der Waals surface area contributed by atoms with Crippen LogP contribution in [0.15, 0.2) is 23.4 Å². The van der Waals surface area contributed by atoms with Crippen LogP contribution >= 0.6 is 0 Å². The van der Waals surface area contributed by atoms with Crippen molar-refractivity contribution in [1.29, 1.82) is 0 Å². The molecule has 1 aromatic carbocycles. The van der Waals surface area contributed by atoms with Crippen LogP contribution in [0.3, 0.4) is 0 Å². The lowest BCUT2D eigenvalue weighted by atomic mass is 9.89. The second-order valence-electron chi connectivity index (χ2n) is 9.50. The van der Waals surface area contributed by atoms with Crippen molar-refractivity contribution in [3.8, 4) is 0 Å². The van der Waals surface area contributed by atoms with Crippen LogP contribution in [0, 0.1) is 0 Å². The molecule has 0 saturated heterocycles. The highest BCUT2D eigenvalue weighted by Gasteiger charge is 2.48. The van der Waals surface area contributed by atoms with E-state index >= 15 is 0 Å². The third-order valence-corrected chi connectivity index (χ3v) is 6.87. The quantitative estimate of drug-likeness (QED) is 0.551. The number of rotatable bonds is 10. The summed E-state index contributed by atoms with van der Waals surface area (Å²) in [5.74, 6) is -0.489. The first kappa shape index (κ1) is 24.2. The minimum atomic E-state index is -1.32. The van der Waals surface area contributed by atoms with E-state index in [9.17, 15) is 9.59 Å². The Morgan fingerprint density at radius 2 is 1.85 bits per heavy atom. The van der Waals surface area contributed by atoms with Gasteiger partial charge in [0.05, 0.1) is 29.4 Å². The Morgan fingerprint density at radius 1 is 1.12 bits per heavy atom. The number of aryl methyl sites for hydroxylation is 1. The molecule has 1 fully saturated rings. The van der Waals surface area contributed by atoms with E-state index in [2.05, 4.69) is 39.5 Å². The van der Waals surface area contributed by atoms with Crippen LogP contribution in [-0.2, 0) is 20.8 Å². The Hall–Kier alpha value is -2.90. The first-order valence-corrected chi connectivity index (χ1v) is 12.8. The standard InChI is InChI=1S/C26H37N5O3/c1-4-13-27-24(32)17-26(25(33)28-14-5-2)16-22(30-34-26)18-11-12-20-21(6-3)29-31(23(20)15-18)19-9-7-8-10-19/h11-12,15,19H,4-10,13-14,16-17H2,1-3H3,(H,27,32)(H,28,33). The van der Waals surface area contributed by atoms with E-state index < -0.39 is 5.60 Å². The summed E-state index contributed by atoms with van der Waals surface area (Å²) in [6, 6.07) is 6.69. The van der Waals surface area contributed by atoms with Gasteiger partial charge in [0.2, 0.25) is 11.5 Å². The summed E-state index contributed by atoms with van der Waals surface area (Å²) in [6.45, 7) is 7.22. The summed E-state index contributed by atoms with van der Waals surface area (Å²) >= 11 is 0. The number of nitrogens with zero attached hydrogens (tertiary/aromatic N) is 3. The molecule has 0 bridgehead atoms. The summed E-state index contributed by atoms with van der Waals surface area (Å²) in [4.78, 5) is 31.4. The van der Waals surface area contributed by atoms with Crippen LogP contribution in [0.5, 0.6) is 0 Å². The molecule has 2 aliphatic rings. The fourth-order valence-electron chi connectivity index (χ4n) is 4.99. The van der Waals surface area contributed by atoms with Gasteiger partial charge in [0, 0.05) is 30.5 Å². The van der Waals surface area contributed by atoms with Gasteiger partial charge in [-0.2, -0.15) is 5.10 Å². The minimum Gasteiger partial charge on any atom is -0.378 e. The van der Waals surface area contributed by atoms with Crippen molar-refractivity contribution < 1.29 is 14.4 Å². The minimum absolute atomic E-state index is 0.0578. The number of fused-ring (bicyclic) bond motifs is 1. The number of oxime groups is 1. The predicted molar refractivity (Wildman–Crippen MR) is 133 cm³/mol. The molecule has 34 heavy (non-hydrogen) atoms. The Bertz CT molecular complexity index is 1070. The van der Waals surface area contributed by atoms with Crippen LogP contribution < -0.4 is 10.6 Å². The third-order valence-electron chi connectivity index (χ3n) is 6.87. The number of amides is 2. The normalized spacial score (nSPS) is 20.4. The first-order chi connectivity index (χ1) is 16.5. The molecule has 8 heteroatoms. The molecule has 1 aliphatic carbocycles. The van der Waals surface area contributed by atoms with E-state index in [4.69, 9.17) is 9.94 Å². The largest absolute Gasteiger partial charge is 0.378 e. The molecule has 4 rings (SSSR count). The molecule has 1 aliphatic heterocycles. The number of hydrogen-bond donors (Lipinski definition) is 2. The lowest BCUT2D eigenvalue weighted by Crippen LogP contribution is -2.50. The molecular formula is C26H37N5O3. The van der Waals surface area contributed by atoms with Crippen molar-refractivity contribution in [2.24, 2.45) is 5.16 Å². The van der Waals surface area contributed by atoms with E-state index in [1.165, 1.54) is 18.2 Å². The maximum Gasteiger partial charge on any atom is 0.268 e. The van der Waals surface area contributed by atoms with Crippen molar-refractivity contribution in [1.82, 2.24) is 20.4 Å². The Kier molecular flexibility index (Phi) is 7.54. The van der Waals surface area contributed by atoms with Gasteiger partial charge >= 0.3 is 0 Å². The summed E-state index contributed by atoms with van der Waals surface area (Å²) in [5, 5.41) is 16.2. The average Bonchev–Trinajstić information content (AvgIpc) is 3.59. The summed E-state index contributed by atoms with van der Waals surface area (Å²) in [7, 11) is 0. The van der Waals surface area contributed by atoms with Gasteiger partial charge < -0.3 is 15.5 Å². The van der Waals surface area contributed by atoms with E-state index in [0.717, 1.165) is 48.9 Å².